The fraction of sp³-hybridized carbons (Fsp3) is 0.500. The van der Waals surface area contributed by atoms with Gasteiger partial charge in [-0.25, -0.2) is 13.2 Å². The molecule has 1 saturated heterocycles. The molecule has 1 atom stereocenters. The van der Waals surface area contributed by atoms with Crippen molar-refractivity contribution in [3.63, 3.8) is 0 Å². The van der Waals surface area contributed by atoms with Crippen LogP contribution in [0.1, 0.15) is 32.3 Å². The Morgan fingerprint density at radius 2 is 1.80 bits per heavy atom. The molecule has 1 aromatic carbocycles. The summed E-state index contributed by atoms with van der Waals surface area (Å²) in [5.74, 6) is -5.29. The van der Waals surface area contributed by atoms with Crippen molar-refractivity contribution < 1.29 is 40.7 Å². The van der Waals surface area contributed by atoms with Crippen LogP contribution in [0.2, 0.25) is 0 Å². The number of alkyl halides is 5. The standard InChI is InChI=1S/C18H19F6N3O3/c1-17(2,18(22,23)24)26-15(29)16(30)27-6-5-9(8-27)14(28)25-10-3-4-12(19)11(7-10)13(20)21/h3-4,7,9,13H,5-6,8H2,1-2H3,(H,25,28)(H,26,29)/t9-/m0/s1. The smallest absolute Gasteiger partial charge is 0.334 e. The Balaban J connectivity index is 1.98. The Hall–Kier alpha value is -2.79. The van der Waals surface area contributed by atoms with Crippen molar-refractivity contribution in [1.82, 2.24) is 10.2 Å². The highest BCUT2D eigenvalue weighted by Crippen LogP contribution is 2.30. The molecular weight excluding hydrogens is 420 g/mol. The summed E-state index contributed by atoms with van der Waals surface area (Å²) in [6.07, 6.45) is -7.75. The number of carbonyl (C=O) groups is 3. The van der Waals surface area contributed by atoms with Gasteiger partial charge in [-0.2, -0.15) is 13.2 Å². The monoisotopic (exact) mass is 439 g/mol. The second-order valence-corrected chi connectivity index (χ2v) is 7.34. The van der Waals surface area contributed by atoms with Crippen LogP contribution in [0.25, 0.3) is 0 Å². The van der Waals surface area contributed by atoms with Crippen molar-refractivity contribution in [2.45, 2.75) is 38.4 Å². The predicted octanol–water partition coefficient (Wildman–Crippen LogP) is 3.01. The molecule has 1 fully saturated rings. The Bertz CT molecular complexity index is 841. The topological polar surface area (TPSA) is 78.5 Å². The van der Waals surface area contributed by atoms with Crippen LogP contribution in [0.3, 0.4) is 0 Å². The van der Waals surface area contributed by atoms with Gasteiger partial charge in [0, 0.05) is 18.8 Å². The molecule has 2 N–H and O–H groups in total. The fourth-order valence-electron chi connectivity index (χ4n) is 2.74. The molecule has 12 heteroatoms. The first-order valence-electron chi connectivity index (χ1n) is 8.79. The molecule has 0 saturated carbocycles. The van der Waals surface area contributed by atoms with Crippen LogP contribution in [0.15, 0.2) is 18.2 Å². The lowest BCUT2D eigenvalue weighted by Crippen LogP contribution is -2.57. The Labute approximate surface area is 167 Å². The van der Waals surface area contributed by atoms with Crippen LogP contribution in [0, 0.1) is 11.7 Å². The van der Waals surface area contributed by atoms with Crippen LogP contribution in [-0.4, -0.2) is 47.4 Å². The minimum atomic E-state index is -4.78. The van der Waals surface area contributed by atoms with Gasteiger partial charge in [0.25, 0.3) is 6.43 Å². The van der Waals surface area contributed by atoms with Crippen LogP contribution < -0.4 is 10.6 Å². The first-order chi connectivity index (χ1) is 13.7. The molecule has 0 aliphatic carbocycles. The number of nitrogens with zero attached hydrogens (tertiary/aromatic N) is 1. The van der Waals surface area contributed by atoms with E-state index in [1.54, 1.807) is 5.32 Å². The van der Waals surface area contributed by atoms with Crippen LogP contribution in [-0.2, 0) is 14.4 Å². The highest BCUT2D eigenvalue weighted by atomic mass is 19.4. The van der Waals surface area contributed by atoms with Crippen molar-refractivity contribution in [2.24, 2.45) is 5.92 Å². The van der Waals surface area contributed by atoms with E-state index < -0.39 is 53.2 Å². The maximum absolute atomic E-state index is 13.3. The third-order valence-electron chi connectivity index (χ3n) is 4.67. The van der Waals surface area contributed by atoms with E-state index in [0.29, 0.717) is 13.8 Å². The van der Waals surface area contributed by atoms with Crippen molar-refractivity contribution in [2.75, 3.05) is 18.4 Å². The third-order valence-corrected chi connectivity index (χ3v) is 4.67. The Kier molecular flexibility index (Phi) is 6.67. The van der Waals surface area contributed by atoms with E-state index in [9.17, 15) is 40.7 Å². The summed E-state index contributed by atoms with van der Waals surface area (Å²) in [5, 5.41) is 3.94. The van der Waals surface area contributed by atoms with Crippen LogP contribution in [0.4, 0.5) is 32.0 Å². The van der Waals surface area contributed by atoms with Crippen molar-refractivity contribution >= 4 is 23.4 Å². The summed E-state index contributed by atoms with van der Waals surface area (Å²) in [6, 6.07) is 2.64. The van der Waals surface area contributed by atoms with Gasteiger partial charge in [-0.1, -0.05) is 0 Å². The average molecular weight is 439 g/mol. The van der Waals surface area contributed by atoms with Gasteiger partial charge >= 0.3 is 18.0 Å². The summed E-state index contributed by atoms with van der Waals surface area (Å²) in [6.45, 7) is 1.11. The van der Waals surface area contributed by atoms with Gasteiger partial charge in [-0.3, -0.25) is 14.4 Å². The Morgan fingerprint density at radius 1 is 1.17 bits per heavy atom. The number of halogens is 6. The number of amides is 3. The first kappa shape index (κ1) is 23.5. The molecule has 1 aliphatic heterocycles. The molecule has 3 amide bonds. The maximum atomic E-state index is 13.3. The lowest BCUT2D eigenvalue weighted by Gasteiger charge is -2.29. The van der Waals surface area contributed by atoms with Gasteiger partial charge in [-0.15, -0.1) is 0 Å². The minimum absolute atomic E-state index is 0.0531. The van der Waals surface area contributed by atoms with Gasteiger partial charge < -0.3 is 15.5 Å². The number of hydrogen-bond acceptors (Lipinski definition) is 3. The quantitative estimate of drug-likeness (QED) is 0.559. The second kappa shape index (κ2) is 8.52. The molecule has 1 aromatic rings. The largest absolute Gasteiger partial charge is 0.410 e. The number of carbonyl (C=O) groups excluding carboxylic acids is 3. The van der Waals surface area contributed by atoms with E-state index in [1.807, 2.05) is 0 Å². The molecule has 30 heavy (non-hydrogen) atoms. The minimum Gasteiger partial charge on any atom is -0.334 e. The van der Waals surface area contributed by atoms with E-state index in [0.717, 1.165) is 23.1 Å². The van der Waals surface area contributed by atoms with Gasteiger partial charge in [-0.05, 0) is 38.5 Å². The van der Waals surface area contributed by atoms with Gasteiger partial charge in [0.15, 0.2) is 0 Å². The molecule has 6 nitrogen and oxygen atoms in total. The van der Waals surface area contributed by atoms with Gasteiger partial charge in [0.1, 0.15) is 11.4 Å². The molecule has 0 unspecified atom stereocenters. The lowest BCUT2D eigenvalue weighted by molar-refractivity contribution is -0.189. The molecule has 2 rings (SSSR count). The van der Waals surface area contributed by atoms with E-state index in [4.69, 9.17) is 0 Å². The van der Waals surface area contributed by atoms with Crippen molar-refractivity contribution in [1.29, 1.82) is 0 Å². The number of rotatable bonds is 4. The van der Waals surface area contributed by atoms with E-state index >= 15 is 0 Å². The summed E-state index contributed by atoms with van der Waals surface area (Å²) < 4.78 is 77.4. The van der Waals surface area contributed by atoms with E-state index in [2.05, 4.69) is 5.32 Å². The summed E-state index contributed by atoms with van der Waals surface area (Å²) in [5.41, 5.74) is -3.59. The third kappa shape index (κ3) is 5.22. The summed E-state index contributed by atoms with van der Waals surface area (Å²) in [4.78, 5) is 37.2. The molecular formula is C18H19F6N3O3. The zero-order valence-corrected chi connectivity index (χ0v) is 15.9. The fourth-order valence-corrected chi connectivity index (χ4v) is 2.74. The zero-order valence-electron chi connectivity index (χ0n) is 15.9. The normalized spacial score (nSPS) is 17.2. The molecule has 0 spiro atoms. The van der Waals surface area contributed by atoms with Gasteiger partial charge in [0.05, 0.1) is 11.5 Å². The molecule has 0 aromatic heterocycles. The van der Waals surface area contributed by atoms with E-state index in [1.165, 1.54) is 0 Å². The average Bonchev–Trinajstić information content (AvgIpc) is 3.11. The SMILES string of the molecule is CC(C)(NC(=O)C(=O)N1CC[C@H](C(=O)Nc2ccc(F)c(C(F)F)c2)C1)C(F)(F)F. The Morgan fingerprint density at radius 3 is 2.37 bits per heavy atom. The molecule has 166 valence electrons. The summed E-state index contributed by atoms with van der Waals surface area (Å²) >= 11 is 0. The van der Waals surface area contributed by atoms with E-state index in [-0.39, 0.29) is 25.2 Å². The molecule has 0 bridgehead atoms. The van der Waals surface area contributed by atoms with Crippen molar-refractivity contribution in [3.8, 4) is 0 Å². The van der Waals surface area contributed by atoms with Crippen molar-refractivity contribution in [3.05, 3.63) is 29.6 Å². The summed E-state index contributed by atoms with van der Waals surface area (Å²) in [7, 11) is 0. The highest BCUT2D eigenvalue weighted by Gasteiger charge is 2.49. The number of anilines is 1. The second-order valence-electron chi connectivity index (χ2n) is 7.34. The number of benzene rings is 1. The molecule has 1 heterocycles. The zero-order chi connectivity index (χ0) is 22.9. The highest BCUT2D eigenvalue weighted by molar-refractivity contribution is 6.35. The lowest BCUT2D eigenvalue weighted by atomic mass is 10.1. The number of hydrogen-bond donors (Lipinski definition) is 2. The molecule has 0 radical (unpaired) electrons. The molecule has 1 aliphatic rings. The van der Waals surface area contributed by atoms with Gasteiger partial charge in [0.2, 0.25) is 5.91 Å². The number of nitrogens with one attached hydrogen (secondary N) is 2. The van der Waals surface area contributed by atoms with Crippen LogP contribution in [0.5, 0.6) is 0 Å². The predicted molar refractivity (Wildman–Crippen MR) is 93.0 cm³/mol. The maximum Gasteiger partial charge on any atom is 0.410 e. The van der Waals surface area contributed by atoms with Crippen LogP contribution >= 0.6 is 0 Å². The first-order valence-corrected chi connectivity index (χ1v) is 8.79. The number of likely N-dealkylation sites (tertiary alicyclic amines) is 1.